The molecule has 0 saturated carbocycles. The smallest absolute Gasteiger partial charge is 0.222 e. The molecule has 0 aromatic carbocycles. The molecule has 1 amide bonds. The van der Waals surface area contributed by atoms with E-state index >= 15 is 0 Å². The molecule has 0 aromatic heterocycles. The van der Waals surface area contributed by atoms with E-state index in [0.29, 0.717) is 17.7 Å². The Morgan fingerprint density at radius 2 is 1.89 bits per heavy atom. The molecule has 4 nitrogen and oxygen atoms in total. The zero-order valence-corrected chi connectivity index (χ0v) is 13.2. The van der Waals surface area contributed by atoms with Crippen molar-refractivity contribution in [1.29, 1.82) is 0 Å². The van der Waals surface area contributed by atoms with Crippen LogP contribution in [0.25, 0.3) is 0 Å². The molecule has 0 unspecified atom stereocenters. The van der Waals surface area contributed by atoms with Crippen molar-refractivity contribution in [3.05, 3.63) is 0 Å². The van der Waals surface area contributed by atoms with Gasteiger partial charge in [0, 0.05) is 46.2 Å². The number of carbonyl (C=O) groups excluding carboxylic acids is 1. The molecule has 19 heavy (non-hydrogen) atoms. The Kier molecular flexibility index (Phi) is 6.80. The minimum absolute atomic E-state index is 0.291. The third-order valence-electron chi connectivity index (χ3n) is 3.70. The number of amides is 1. The zero-order chi connectivity index (χ0) is 14.3. The average Bonchev–Trinajstić information content (AvgIpc) is 2.36. The highest BCUT2D eigenvalue weighted by atomic mass is 16.2. The molecule has 1 fully saturated rings. The normalized spacial score (nSPS) is 17.5. The van der Waals surface area contributed by atoms with Gasteiger partial charge in [-0.05, 0) is 24.8 Å². The lowest BCUT2D eigenvalue weighted by atomic mass is 9.92. The van der Waals surface area contributed by atoms with Crippen LogP contribution in [0.15, 0.2) is 0 Å². The van der Waals surface area contributed by atoms with Crippen LogP contribution in [0.4, 0.5) is 0 Å². The number of nitrogens with one attached hydrogen (secondary N) is 1. The van der Waals surface area contributed by atoms with E-state index in [1.54, 1.807) is 0 Å². The minimum atomic E-state index is 0.291. The molecule has 0 aromatic rings. The summed E-state index contributed by atoms with van der Waals surface area (Å²) in [6.45, 7) is 13.0. The zero-order valence-electron chi connectivity index (χ0n) is 13.2. The molecule has 0 radical (unpaired) electrons. The molecule has 0 spiro atoms. The molecule has 0 bridgehead atoms. The van der Waals surface area contributed by atoms with Crippen LogP contribution in [-0.2, 0) is 4.79 Å². The van der Waals surface area contributed by atoms with E-state index in [1.165, 1.54) is 0 Å². The Hall–Kier alpha value is -0.610. The van der Waals surface area contributed by atoms with Crippen molar-refractivity contribution in [1.82, 2.24) is 15.1 Å². The van der Waals surface area contributed by atoms with Gasteiger partial charge in [-0.3, -0.25) is 4.79 Å². The van der Waals surface area contributed by atoms with Crippen molar-refractivity contribution in [2.24, 2.45) is 5.41 Å². The lowest BCUT2D eigenvalue weighted by molar-refractivity contribution is -0.130. The Labute approximate surface area is 118 Å². The average molecular weight is 269 g/mol. The maximum atomic E-state index is 12.0. The molecule has 112 valence electrons. The molecular formula is C15H31N3O. The van der Waals surface area contributed by atoms with Crippen LogP contribution < -0.4 is 5.32 Å². The molecule has 1 saturated heterocycles. The van der Waals surface area contributed by atoms with E-state index in [0.717, 1.165) is 52.1 Å². The second-order valence-electron chi connectivity index (χ2n) is 6.82. The maximum absolute atomic E-state index is 12.0. The third-order valence-corrected chi connectivity index (χ3v) is 3.70. The van der Waals surface area contributed by atoms with Crippen LogP contribution in [0.5, 0.6) is 0 Å². The van der Waals surface area contributed by atoms with Crippen molar-refractivity contribution in [3.63, 3.8) is 0 Å². The molecule has 1 aliphatic rings. The molecule has 0 atom stereocenters. The number of hydrogen-bond donors (Lipinski definition) is 1. The van der Waals surface area contributed by atoms with Gasteiger partial charge in [0.2, 0.25) is 5.91 Å². The highest BCUT2D eigenvalue weighted by Crippen LogP contribution is 2.18. The number of hydrogen-bond acceptors (Lipinski definition) is 3. The fourth-order valence-corrected chi connectivity index (χ4v) is 2.21. The summed E-state index contributed by atoms with van der Waals surface area (Å²) in [4.78, 5) is 16.3. The van der Waals surface area contributed by atoms with Crippen LogP contribution >= 0.6 is 0 Å². The van der Waals surface area contributed by atoms with Crippen molar-refractivity contribution >= 4 is 5.91 Å². The SMILES string of the molecule is CN(CCC(C)(C)C)C(=O)CCCN1CCNCC1. The summed E-state index contributed by atoms with van der Waals surface area (Å²) in [5, 5.41) is 3.35. The van der Waals surface area contributed by atoms with Crippen LogP contribution in [0.3, 0.4) is 0 Å². The molecule has 1 aliphatic heterocycles. The van der Waals surface area contributed by atoms with Gasteiger partial charge >= 0.3 is 0 Å². The van der Waals surface area contributed by atoms with Crippen LogP contribution in [-0.4, -0.2) is 62.0 Å². The van der Waals surface area contributed by atoms with Crippen molar-refractivity contribution in [2.45, 2.75) is 40.0 Å². The van der Waals surface area contributed by atoms with E-state index in [9.17, 15) is 4.79 Å². The van der Waals surface area contributed by atoms with E-state index in [1.807, 2.05) is 11.9 Å². The van der Waals surface area contributed by atoms with Gasteiger partial charge in [0.25, 0.3) is 0 Å². The van der Waals surface area contributed by atoms with E-state index in [-0.39, 0.29) is 0 Å². The van der Waals surface area contributed by atoms with Gasteiger partial charge in [0.1, 0.15) is 0 Å². The largest absolute Gasteiger partial charge is 0.346 e. The first-order valence-electron chi connectivity index (χ1n) is 7.55. The second-order valence-corrected chi connectivity index (χ2v) is 6.82. The summed E-state index contributed by atoms with van der Waals surface area (Å²) in [6.07, 6.45) is 2.73. The van der Waals surface area contributed by atoms with Gasteiger partial charge in [0.05, 0.1) is 0 Å². The fraction of sp³-hybridized carbons (Fsp3) is 0.933. The standard InChI is InChI=1S/C15H31N3O/c1-15(2,3)7-11-17(4)14(19)6-5-10-18-12-8-16-9-13-18/h16H,5-13H2,1-4H3. The van der Waals surface area contributed by atoms with E-state index < -0.39 is 0 Å². The van der Waals surface area contributed by atoms with Crippen molar-refractivity contribution in [2.75, 3.05) is 46.3 Å². The van der Waals surface area contributed by atoms with Crippen LogP contribution in [0.1, 0.15) is 40.0 Å². The van der Waals surface area contributed by atoms with Crippen molar-refractivity contribution < 1.29 is 4.79 Å². The molecule has 4 heteroatoms. The van der Waals surface area contributed by atoms with Gasteiger partial charge < -0.3 is 15.1 Å². The van der Waals surface area contributed by atoms with Gasteiger partial charge in [-0.15, -0.1) is 0 Å². The Morgan fingerprint density at radius 1 is 1.26 bits per heavy atom. The first-order valence-corrected chi connectivity index (χ1v) is 7.55. The summed E-state index contributed by atoms with van der Waals surface area (Å²) >= 11 is 0. The predicted octanol–water partition coefficient (Wildman–Crippen LogP) is 1.57. The fourth-order valence-electron chi connectivity index (χ4n) is 2.21. The van der Waals surface area contributed by atoms with E-state index in [4.69, 9.17) is 0 Å². The summed E-state index contributed by atoms with van der Waals surface area (Å²) in [7, 11) is 1.93. The van der Waals surface area contributed by atoms with Crippen LogP contribution in [0, 0.1) is 5.41 Å². The monoisotopic (exact) mass is 269 g/mol. The second kappa shape index (κ2) is 7.85. The molecule has 1 N–H and O–H groups in total. The topological polar surface area (TPSA) is 35.6 Å². The number of nitrogens with zero attached hydrogens (tertiary/aromatic N) is 2. The van der Waals surface area contributed by atoms with Gasteiger partial charge in [-0.25, -0.2) is 0 Å². The highest BCUT2D eigenvalue weighted by Gasteiger charge is 2.15. The Balaban J connectivity index is 2.12. The number of rotatable bonds is 6. The number of piperazine rings is 1. The Bertz CT molecular complexity index is 267. The Morgan fingerprint density at radius 3 is 2.47 bits per heavy atom. The predicted molar refractivity (Wildman–Crippen MR) is 80.3 cm³/mol. The third kappa shape index (κ3) is 7.53. The molecular weight excluding hydrogens is 238 g/mol. The molecule has 1 rings (SSSR count). The van der Waals surface area contributed by atoms with Gasteiger partial charge in [0.15, 0.2) is 0 Å². The highest BCUT2D eigenvalue weighted by molar-refractivity contribution is 5.75. The first-order chi connectivity index (χ1) is 8.88. The summed E-state index contributed by atoms with van der Waals surface area (Å²) in [6, 6.07) is 0. The van der Waals surface area contributed by atoms with Crippen LogP contribution in [0.2, 0.25) is 0 Å². The number of carbonyl (C=O) groups is 1. The van der Waals surface area contributed by atoms with Gasteiger partial charge in [-0.2, -0.15) is 0 Å². The lowest BCUT2D eigenvalue weighted by Gasteiger charge is -2.27. The molecule has 1 heterocycles. The quantitative estimate of drug-likeness (QED) is 0.795. The minimum Gasteiger partial charge on any atom is -0.346 e. The maximum Gasteiger partial charge on any atom is 0.222 e. The summed E-state index contributed by atoms with van der Waals surface area (Å²) in [5.41, 5.74) is 0.301. The summed E-state index contributed by atoms with van der Waals surface area (Å²) in [5.74, 6) is 0.291. The lowest BCUT2D eigenvalue weighted by Crippen LogP contribution is -2.44. The first kappa shape index (κ1) is 16.4. The van der Waals surface area contributed by atoms with Crippen molar-refractivity contribution in [3.8, 4) is 0 Å². The molecule has 0 aliphatic carbocycles. The summed E-state index contributed by atoms with van der Waals surface area (Å²) < 4.78 is 0. The van der Waals surface area contributed by atoms with E-state index in [2.05, 4.69) is 31.0 Å². The van der Waals surface area contributed by atoms with Gasteiger partial charge in [-0.1, -0.05) is 20.8 Å².